The number of nitrogens with one attached hydrogen (secondary N) is 2. The smallest absolute Gasteiger partial charge is 0.250 e. The molecule has 0 aliphatic heterocycles. The second kappa shape index (κ2) is 8.93. The number of hydrogen-bond donors (Lipinski definition) is 2. The van der Waals surface area contributed by atoms with Crippen LogP contribution in [-0.2, 0) is 4.79 Å². The lowest BCUT2D eigenvalue weighted by atomic mass is 10.1. The first-order valence-corrected chi connectivity index (χ1v) is 10.2. The molecule has 0 fully saturated rings. The number of amides is 1. The van der Waals surface area contributed by atoms with E-state index in [1.54, 1.807) is 6.08 Å². The van der Waals surface area contributed by atoms with Crippen molar-refractivity contribution in [1.29, 1.82) is 0 Å². The van der Waals surface area contributed by atoms with Gasteiger partial charge in [0.1, 0.15) is 5.52 Å². The number of aromatic nitrogens is 1. The molecule has 1 amide bonds. The van der Waals surface area contributed by atoms with Crippen LogP contribution in [0.15, 0.2) is 77.2 Å². The summed E-state index contributed by atoms with van der Waals surface area (Å²) in [7, 11) is 0. The summed E-state index contributed by atoms with van der Waals surface area (Å²) in [5, 5.41) is 5.86. The molecule has 0 radical (unpaired) electrons. The van der Waals surface area contributed by atoms with Crippen LogP contribution in [0.25, 0.3) is 28.6 Å². The van der Waals surface area contributed by atoms with E-state index >= 15 is 0 Å². The maximum atomic E-state index is 12.1. The van der Waals surface area contributed by atoms with Crippen molar-refractivity contribution in [2.75, 3.05) is 5.32 Å². The maximum absolute atomic E-state index is 12.1. The highest BCUT2D eigenvalue weighted by atomic mass is 32.1. The van der Waals surface area contributed by atoms with Crippen LogP contribution in [-0.4, -0.2) is 16.0 Å². The van der Waals surface area contributed by atoms with E-state index < -0.39 is 0 Å². The Bertz CT molecular complexity index is 1270. The van der Waals surface area contributed by atoms with Crippen molar-refractivity contribution in [3.63, 3.8) is 0 Å². The quantitative estimate of drug-likeness (QED) is 0.326. The fourth-order valence-corrected chi connectivity index (χ4v) is 3.50. The molecule has 5 nitrogen and oxygen atoms in total. The summed E-state index contributed by atoms with van der Waals surface area (Å²) in [6, 6.07) is 21.3. The third kappa shape index (κ3) is 5.24. The van der Waals surface area contributed by atoms with Crippen molar-refractivity contribution in [2.24, 2.45) is 0 Å². The normalized spacial score (nSPS) is 11.0. The molecule has 4 rings (SSSR count). The molecule has 2 N–H and O–H groups in total. The Hall–Kier alpha value is -3.77. The Morgan fingerprint density at radius 2 is 1.74 bits per heavy atom. The molecule has 154 valence electrons. The fraction of sp³-hybridized carbons (Fsp3) is 0.0800. The van der Waals surface area contributed by atoms with Crippen LogP contribution in [0.4, 0.5) is 5.69 Å². The predicted molar refractivity (Wildman–Crippen MR) is 129 cm³/mol. The number of thiocarbonyl (C=S) groups is 1. The summed E-state index contributed by atoms with van der Waals surface area (Å²) >= 11 is 5.26. The highest BCUT2D eigenvalue weighted by Gasteiger charge is 2.10. The third-order valence-corrected chi connectivity index (χ3v) is 4.78. The Kier molecular flexibility index (Phi) is 5.91. The molecule has 0 bridgehead atoms. The Labute approximate surface area is 185 Å². The number of nitrogens with zero attached hydrogens (tertiary/aromatic N) is 1. The molecule has 0 atom stereocenters. The van der Waals surface area contributed by atoms with Crippen LogP contribution in [0.3, 0.4) is 0 Å². The minimum atomic E-state index is -0.305. The topological polar surface area (TPSA) is 67.2 Å². The van der Waals surface area contributed by atoms with Crippen molar-refractivity contribution in [2.45, 2.75) is 13.8 Å². The minimum absolute atomic E-state index is 0.208. The monoisotopic (exact) mass is 427 g/mol. The molecule has 4 aromatic rings. The molecule has 3 aromatic carbocycles. The van der Waals surface area contributed by atoms with Gasteiger partial charge in [0.15, 0.2) is 10.7 Å². The van der Waals surface area contributed by atoms with E-state index in [1.165, 1.54) is 6.08 Å². The number of carbonyl (C=O) groups excluding carboxylic acids is 1. The summed E-state index contributed by atoms with van der Waals surface area (Å²) in [6.07, 6.45) is 3.17. The first kappa shape index (κ1) is 20.5. The number of oxazole rings is 1. The standard InChI is InChI=1S/C25H21N3O2S/c1-16-12-17(2)14-19(13-16)24-27-21-15-20(9-10-22(21)30-24)26-25(31)28-23(29)11-8-18-6-4-3-5-7-18/h3-15H,1-2H3,(H2,26,28,29,31)/b11-8+. The zero-order valence-corrected chi connectivity index (χ0v) is 18.0. The largest absolute Gasteiger partial charge is 0.436 e. The summed E-state index contributed by atoms with van der Waals surface area (Å²) in [5.41, 5.74) is 6.29. The van der Waals surface area contributed by atoms with Gasteiger partial charge in [0.25, 0.3) is 0 Å². The molecule has 1 heterocycles. The molecular weight excluding hydrogens is 406 g/mol. The molecule has 0 unspecified atom stereocenters. The van der Waals surface area contributed by atoms with Gasteiger partial charge in [-0.25, -0.2) is 4.98 Å². The van der Waals surface area contributed by atoms with Crippen molar-refractivity contribution < 1.29 is 9.21 Å². The lowest BCUT2D eigenvalue weighted by Gasteiger charge is -2.07. The summed E-state index contributed by atoms with van der Waals surface area (Å²) in [4.78, 5) is 16.7. The molecule has 0 saturated carbocycles. The highest BCUT2D eigenvalue weighted by molar-refractivity contribution is 7.80. The molecular formula is C25H21N3O2S. The zero-order chi connectivity index (χ0) is 21.8. The number of aryl methyl sites for hydroxylation is 2. The second-order valence-electron chi connectivity index (χ2n) is 7.27. The lowest BCUT2D eigenvalue weighted by Crippen LogP contribution is -2.32. The molecule has 0 aliphatic carbocycles. The van der Waals surface area contributed by atoms with Gasteiger partial charge >= 0.3 is 0 Å². The Morgan fingerprint density at radius 1 is 1.00 bits per heavy atom. The molecule has 0 spiro atoms. The molecule has 1 aromatic heterocycles. The average molecular weight is 428 g/mol. The predicted octanol–water partition coefficient (Wildman–Crippen LogP) is 5.64. The third-order valence-electron chi connectivity index (χ3n) is 4.58. The van der Waals surface area contributed by atoms with E-state index in [4.69, 9.17) is 16.6 Å². The van der Waals surface area contributed by atoms with Gasteiger partial charge in [-0.1, -0.05) is 47.5 Å². The van der Waals surface area contributed by atoms with Gasteiger partial charge < -0.3 is 9.73 Å². The van der Waals surface area contributed by atoms with Crippen LogP contribution in [0.5, 0.6) is 0 Å². The summed E-state index contributed by atoms with van der Waals surface area (Å²) < 4.78 is 5.91. The van der Waals surface area contributed by atoms with Crippen LogP contribution in [0, 0.1) is 13.8 Å². The van der Waals surface area contributed by atoms with E-state index in [2.05, 4.69) is 21.7 Å². The lowest BCUT2D eigenvalue weighted by molar-refractivity contribution is -0.115. The summed E-state index contributed by atoms with van der Waals surface area (Å²) in [5.74, 6) is 0.266. The van der Waals surface area contributed by atoms with Gasteiger partial charge in [-0.2, -0.15) is 0 Å². The van der Waals surface area contributed by atoms with Gasteiger partial charge in [0, 0.05) is 17.3 Å². The van der Waals surface area contributed by atoms with E-state index in [-0.39, 0.29) is 11.0 Å². The van der Waals surface area contributed by atoms with Crippen LogP contribution >= 0.6 is 12.2 Å². The van der Waals surface area contributed by atoms with E-state index in [9.17, 15) is 4.79 Å². The number of anilines is 1. The zero-order valence-electron chi connectivity index (χ0n) is 17.2. The van der Waals surface area contributed by atoms with Crippen LogP contribution in [0.1, 0.15) is 16.7 Å². The van der Waals surface area contributed by atoms with E-state index in [1.807, 2.05) is 74.5 Å². The number of benzene rings is 3. The molecule has 6 heteroatoms. The van der Waals surface area contributed by atoms with E-state index in [0.29, 0.717) is 22.7 Å². The Balaban J connectivity index is 1.44. The first-order chi connectivity index (χ1) is 15.0. The van der Waals surface area contributed by atoms with Gasteiger partial charge in [-0.05, 0) is 68.0 Å². The molecule has 0 saturated heterocycles. The van der Waals surface area contributed by atoms with Gasteiger partial charge in [0.05, 0.1) is 0 Å². The SMILES string of the molecule is Cc1cc(C)cc(-c2nc3cc(NC(=S)NC(=O)/C=C/c4ccccc4)ccc3o2)c1. The second-order valence-corrected chi connectivity index (χ2v) is 7.67. The molecule has 31 heavy (non-hydrogen) atoms. The number of fused-ring (bicyclic) bond motifs is 1. The van der Waals surface area contributed by atoms with Crippen molar-refractivity contribution in [3.8, 4) is 11.5 Å². The maximum Gasteiger partial charge on any atom is 0.250 e. The highest BCUT2D eigenvalue weighted by Crippen LogP contribution is 2.27. The Morgan fingerprint density at radius 3 is 2.48 bits per heavy atom. The van der Waals surface area contributed by atoms with Crippen LogP contribution in [0.2, 0.25) is 0 Å². The van der Waals surface area contributed by atoms with Crippen molar-refractivity contribution in [1.82, 2.24) is 10.3 Å². The van der Waals surface area contributed by atoms with Crippen molar-refractivity contribution in [3.05, 3.63) is 89.5 Å². The first-order valence-electron chi connectivity index (χ1n) is 9.81. The number of rotatable bonds is 4. The van der Waals surface area contributed by atoms with Crippen molar-refractivity contribution >= 4 is 46.1 Å². The fourth-order valence-electron chi connectivity index (χ4n) is 3.28. The minimum Gasteiger partial charge on any atom is -0.436 e. The van der Waals surface area contributed by atoms with Gasteiger partial charge in [0.2, 0.25) is 11.8 Å². The van der Waals surface area contributed by atoms with Gasteiger partial charge in [-0.3, -0.25) is 10.1 Å². The number of hydrogen-bond acceptors (Lipinski definition) is 4. The van der Waals surface area contributed by atoms with Gasteiger partial charge in [-0.15, -0.1) is 0 Å². The van der Waals surface area contributed by atoms with Crippen LogP contribution < -0.4 is 10.6 Å². The van der Waals surface area contributed by atoms with E-state index in [0.717, 1.165) is 22.3 Å². The molecule has 0 aliphatic rings. The number of carbonyl (C=O) groups is 1. The average Bonchev–Trinajstić information content (AvgIpc) is 3.16. The summed E-state index contributed by atoms with van der Waals surface area (Å²) in [6.45, 7) is 4.09.